The Labute approximate surface area is 188 Å². The summed E-state index contributed by atoms with van der Waals surface area (Å²) in [6.45, 7) is 0. The van der Waals surface area contributed by atoms with Gasteiger partial charge in [-0.15, -0.1) is 0 Å². The highest BCUT2D eigenvalue weighted by atomic mass is 16.5. The topological polar surface area (TPSA) is 98.8 Å². The monoisotopic (exact) mass is 440 g/mol. The number of carboxylic acid groups (broad SMARTS) is 1. The molecule has 2 heterocycles. The van der Waals surface area contributed by atoms with Gasteiger partial charge in [-0.05, 0) is 42.5 Å². The van der Waals surface area contributed by atoms with Gasteiger partial charge in [0.15, 0.2) is 17.1 Å². The van der Waals surface area contributed by atoms with Crippen LogP contribution in [0.4, 0.5) is 5.69 Å². The van der Waals surface area contributed by atoms with Crippen molar-refractivity contribution >= 4 is 51.0 Å². The Balaban J connectivity index is 1.64. The molecule has 0 aliphatic rings. The fourth-order valence-corrected chi connectivity index (χ4v) is 4.02. The molecule has 0 unspecified atom stereocenters. The molecule has 8 heteroatoms. The summed E-state index contributed by atoms with van der Waals surface area (Å²) in [6, 6.07) is 16.8. The number of rotatable bonds is 5. The van der Waals surface area contributed by atoms with Gasteiger partial charge in [0, 0.05) is 24.2 Å². The van der Waals surface area contributed by atoms with E-state index in [1.54, 1.807) is 12.1 Å². The van der Waals surface area contributed by atoms with E-state index in [0.717, 1.165) is 33.1 Å². The van der Waals surface area contributed by atoms with Crippen molar-refractivity contribution < 1.29 is 19.4 Å². The first kappa shape index (κ1) is 20.4. The number of nitrogens with zero attached hydrogens (tertiary/aromatic N) is 4. The molecule has 2 aromatic heterocycles. The summed E-state index contributed by atoms with van der Waals surface area (Å²) >= 11 is 0. The molecule has 0 amide bonds. The Hall–Kier alpha value is -4.46. The number of aliphatic imine (C=N–C) groups is 1. The number of ether oxygens (including phenoxy) is 2. The number of methoxy groups -OCH3 is 2. The third-order valence-corrected chi connectivity index (χ3v) is 5.61. The van der Waals surface area contributed by atoms with E-state index in [0.29, 0.717) is 17.0 Å². The van der Waals surface area contributed by atoms with Crippen LogP contribution < -0.4 is 9.47 Å². The Kier molecular flexibility index (Phi) is 4.90. The lowest BCUT2D eigenvalue weighted by Gasteiger charge is -2.12. The molecule has 0 saturated carbocycles. The molecule has 8 nitrogen and oxygen atoms in total. The maximum absolute atomic E-state index is 11.9. The van der Waals surface area contributed by atoms with Crippen LogP contribution in [0.3, 0.4) is 0 Å². The summed E-state index contributed by atoms with van der Waals surface area (Å²) in [5.41, 5.74) is 5.28. The van der Waals surface area contributed by atoms with E-state index in [2.05, 4.69) is 4.99 Å². The molecule has 0 atom stereocenters. The summed E-state index contributed by atoms with van der Waals surface area (Å²) < 4.78 is 12.5. The van der Waals surface area contributed by atoms with Crippen LogP contribution in [0.25, 0.3) is 33.1 Å². The quantitative estimate of drug-likeness (QED) is 0.396. The average molecular weight is 440 g/mol. The summed E-state index contributed by atoms with van der Waals surface area (Å²) in [5, 5.41) is 10.7. The number of benzene rings is 3. The van der Waals surface area contributed by atoms with Gasteiger partial charge >= 0.3 is 5.97 Å². The van der Waals surface area contributed by atoms with E-state index in [9.17, 15) is 9.90 Å². The second-order valence-electron chi connectivity index (χ2n) is 7.47. The minimum absolute atomic E-state index is 0.0100. The summed E-state index contributed by atoms with van der Waals surface area (Å²) in [6.07, 6.45) is 1.51. The third kappa shape index (κ3) is 3.32. The maximum atomic E-state index is 11.9. The number of aryl methyl sites for hydroxylation is 1. The normalized spacial score (nSPS) is 11.6. The molecule has 0 saturated heterocycles. The minimum atomic E-state index is -1.13. The van der Waals surface area contributed by atoms with Gasteiger partial charge in [-0.3, -0.25) is 4.99 Å². The number of carbonyl (C=O) groups is 1. The molecule has 0 fully saturated rings. The fourth-order valence-electron chi connectivity index (χ4n) is 4.02. The first-order valence-corrected chi connectivity index (χ1v) is 10.2. The van der Waals surface area contributed by atoms with Crippen LogP contribution in [0.15, 0.2) is 59.6 Å². The molecular formula is C25H20N4O4. The van der Waals surface area contributed by atoms with E-state index in [1.807, 2.05) is 54.1 Å². The van der Waals surface area contributed by atoms with Gasteiger partial charge in [0.05, 0.1) is 36.5 Å². The van der Waals surface area contributed by atoms with Crippen LogP contribution in [0.1, 0.15) is 15.9 Å². The summed E-state index contributed by atoms with van der Waals surface area (Å²) in [7, 11) is 4.83. The molecule has 164 valence electrons. The smallest absolute Gasteiger partial charge is 0.340 e. The minimum Gasteiger partial charge on any atom is -0.493 e. The van der Waals surface area contributed by atoms with Gasteiger partial charge in [-0.2, -0.15) is 0 Å². The van der Waals surface area contributed by atoms with Crippen molar-refractivity contribution in [3.63, 3.8) is 0 Å². The Morgan fingerprint density at radius 3 is 2.48 bits per heavy atom. The Morgan fingerprint density at radius 2 is 1.79 bits per heavy atom. The number of hydrogen-bond donors (Lipinski definition) is 1. The van der Waals surface area contributed by atoms with Crippen LogP contribution in [-0.2, 0) is 7.05 Å². The number of para-hydroxylation sites is 2. The van der Waals surface area contributed by atoms with Crippen molar-refractivity contribution in [1.29, 1.82) is 0 Å². The predicted molar refractivity (Wildman–Crippen MR) is 127 cm³/mol. The zero-order valence-electron chi connectivity index (χ0n) is 18.2. The third-order valence-electron chi connectivity index (χ3n) is 5.61. The van der Waals surface area contributed by atoms with E-state index >= 15 is 0 Å². The van der Waals surface area contributed by atoms with Crippen molar-refractivity contribution in [2.24, 2.45) is 12.0 Å². The number of fused-ring (bicyclic) bond motifs is 4. The average Bonchev–Trinajstić information content (AvgIpc) is 3.11. The van der Waals surface area contributed by atoms with Crippen LogP contribution in [0, 0.1) is 0 Å². The maximum Gasteiger partial charge on any atom is 0.340 e. The van der Waals surface area contributed by atoms with Gasteiger partial charge in [0.1, 0.15) is 11.1 Å². The molecule has 1 N–H and O–H groups in total. The molecule has 5 aromatic rings. The SMILES string of the molecule is COc1ccc(C=Nc2ccc3c(c2)c2nc4ccccc4nc2n3C)c(C(=O)O)c1OC. The van der Waals surface area contributed by atoms with Crippen molar-refractivity contribution in [2.45, 2.75) is 0 Å². The summed E-state index contributed by atoms with van der Waals surface area (Å²) in [4.78, 5) is 26.0. The van der Waals surface area contributed by atoms with Crippen LogP contribution >= 0.6 is 0 Å². The van der Waals surface area contributed by atoms with Gasteiger partial charge < -0.3 is 19.1 Å². The van der Waals surface area contributed by atoms with Crippen molar-refractivity contribution in [2.75, 3.05) is 14.2 Å². The lowest BCUT2D eigenvalue weighted by Crippen LogP contribution is -2.06. The van der Waals surface area contributed by atoms with Crippen molar-refractivity contribution in [3.05, 3.63) is 65.7 Å². The van der Waals surface area contributed by atoms with E-state index in [-0.39, 0.29) is 11.3 Å². The van der Waals surface area contributed by atoms with E-state index in [4.69, 9.17) is 19.4 Å². The standard InChI is InChI=1S/C25H20N4O4/c1-29-19-10-9-15(12-16(19)22-24(29)28-18-7-5-4-6-17(18)27-22)26-13-14-8-11-20(32-2)23(33-3)21(14)25(30)31/h4-13H,1-3H3,(H,30,31). The largest absolute Gasteiger partial charge is 0.493 e. The highest BCUT2D eigenvalue weighted by molar-refractivity contribution is 6.08. The van der Waals surface area contributed by atoms with Gasteiger partial charge in [0.2, 0.25) is 0 Å². The van der Waals surface area contributed by atoms with Crippen LogP contribution in [0.5, 0.6) is 11.5 Å². The number of hydrogen-bond acceptors (Lipinski definition) is 6. The predicted octanol–water partition coefficient (Wildman–Crippen LogP) is 4.74. The summed E-state index contributed by atoms with van der Waals surface area (Å²) in [5.74, 6) is -0.630. The molecular weight excluding hydrogens is 420 g/mol. The second kappa shape index (κ2) is 7.90. The molecule has 5 rings (SSSR count). The van der Waals surface area contributed by atoms with Crippen LogP contribution in [-0.4, -0.2) is 46.0 Å². The molecule has 0 aliphatic heterocycles. The second-order valence-corrected chi connectivity index (χ2v) is 7.47. The molecule has 33 heavy (non-hydrogen) atoms. The zero-order valence-corrected chi connectivity index (χ0v) is 18.2. The molecule has 0 bridgehead atoms. The lowest BCUT2D eigenvalue weighted by molar-refractivity contribution is 0.0692. The Bertz CT molecular complexity index is 1590. The lowest BCUT2D eigenvalue weighted by atomic mass is 10.1. The molecule has 0 aliphatic carbocycles. The molecule has 0 spiro atoms. The first-order valence-electron chi connectivity index (χ1n) is 10.2. The van der Waals surface area contributed by atoms with Gasteiger partial charge in [0.25, 0.3) is 0 Å². The first-order chi connectivity index (χ1) is 16.0. The van der Waals surface area contributed by atoms with Crippen molar-refractivity contribution in [3.8, 4) is 11.5 Å². The fraction of sp³-hybridized carbons (Fsp3) is 0.120. The van der Waals surface area contributed by atoms with E-state index in [1.165, 1.54) is 20.4 Å². The number of aromatic nitrogens is 3. The molecule has 3 aromatic carbocycles. The number of aromatic carboxylic acids is 1. The van der Waals surface area contributed by atoms with E-state index < -0.39 is 5.97 Å². The molecule has 0 radical (unpaired) electrons. The zero-order chi connectivity index (χ0) is 23.1. The highest BCUT2D eigenvalue weighted by Crippen LogP contribution is 2.34. The van der Waals surface area contributed by atoms with Crippen molar-refractivity contribution in [1.82, 2.24) is 14.5 Å². The van der Waals surface area contributed by atoms with Crippen LogP contribution in [0.2, 0.25) is 0 Å². The number of carboxylic acids is 1. The Morgan fingerprint density at radius 1 is 1.03 bits per heavy atom. The highest BCUT2D eigenvalue weighted by Gasteiger charge is 2.20. The van der Waals surface area contributed by atoms with Gasteiger partial charge in [-0.1, -0.05) is 12.1 Å². The van der Waals surface area contributed by atoms with Gasteiger partial charge in [-0.25, -0.2) is 14.8 Å².